The largest absolute Gasteiger partial charge is 0.462 e. The Labute approximate surface area is 432 Å². The van der Waals surface area contributed by atoms with E-state index < -0.39 is 6.10 Å². The standard InChI is InChI=1S/C65H106O5/c1-3-5-7-9-11-13-15-17-19-20-21-22-23-24-25-26-27-28-29-30-31-32-33-34-35-36-37-38-39-40-41-42-43-44-46-48-50-52-54-56-58-60-65(68)70-63(61-66)62-69-64(67)59-57-55-53-51-49-47-45-18-16-14-12-10-8-6-4-2/h5,7,11-14,17-19,21-22,24-25,27-28,30-31,33-34,36-37,45,63,66H,3-4,6,8-10,15-16,20,23,26,29,32,35,38-44,46-62H2,1-2H3/b7-5-,13-11-,14-12-,19-17-,22-21-,25-24-,28-27-,31-30-,34-33-,37-36-,45-18-. The van der Waals surface area contributed by atoms with Crippen molar-refractivity contribution in [1.82, 2.24) is 0 Å². The molecule has 0 saturated heterocycles. The molecular weight excluding hydrogens is 861 g/mol. The van der Waals surface area contributed by atoms with E-state index in [2.05, 4.69) is 148 Å². The van der Waals surface area contributed by atoms with E-state index in [1.54, 1.807) is 0 Å². The number of aliphatic hydroxyl groups excluding tert-OH is 1. The van der Waals surface area contributed by atoms with Gasteiger partial charge >= 0.3 is 11.9 Å². The van der Waals surface area contributed by atoms with Gasteiger partial charge in [0.1, 0.15) is 6.61 Å². The normalized spacial score (nSPS) is 13.2. The van der Waals surface area contributed by atoms with Crippen LogP contribution in [-0.2, 0) is 19.1 Å². The maximum atomic E-state index is 12.3. The summed E-state index contributed by atoms with van der Waals surface area (Å²) in [4.78, 5) is 24.4. The van der Waals surface area contributed by atoms with E-state index in [1.807, 2.05) is 0 Å². The predicted molar refractivity (Wildman–Crippen MR) is 306 cm³/mol. The Morgan fingerprint density at radius 1 is 0.343 bits per heavy atom. The number of esters is 2. The second-order valence-electron chi connectivity index (χ2n) is 18.6. The number of hydrogen-bond donors (Lipinski definition) is 1. The van der Waals surface area contributed by atoms with E-state index in [9.17, 15) is 14.7 Å². The second kappa shape index (κ2) is 59.3. The molecule has 0 rings (SSSR count). The minimum atomic E-state index is -0.786. The highest BCUT2D eigenvalue weighted by Crippen LogP contribution is 2.15. The number of allylic oxidation sites excluding steroid dienone is 22. The van der Waals surface area contributed by atoms with Gasteiger partial charge in [0.05, 0.1) is 6.61 Å². The lowest BCUT2D eigenvalue weighted by atomic mass is 10.0. The number of carbonyl (C=O) groups excluding carboxylic acids is 2. The number of rotatable bonds is 51. The zero-order chi connectivity index (χ0) is 50.6. The van der Waals surface area contributed by atoms with Crippen LogP contribution in [0.1, 0.15) is 245 Å². The van der Waals surface area contributed by atoms with Crippen LogP contribution < -0.4 is 0 Å². The van der Waals surface area contributed by atoms with Crippen molar-refractivity contribution < 1.29 is 24.2 Å². The smallest absolute Gasteiger partial charge is 0.306 e. The van der Waals surface area contributed by atoms with Gasteiger partial charge in [-0.2, -0.15) is 0 Å². The molecule has 70 heavy (non-hydrogen) atoms. The molecule has 0 radical (unpaired) electrons. The maximum Gasteiger partial charge on any atom is 0.306 e. The molecule has 1 N–H and O–H groups in total. The summed E-state index contributed by atoms with van der Waals surface area (Å²) in [6, 6.07) is 0. The minimum Gasteiger partial charge on any atom is -0.462 e. The zero-order valence-corrected chi connectivity index (χ0v) is 45.2. The first kappa shape index (κ1) is 66.0. The summed E-state index contributed by atoms with van der Waals surface area (Å²) in [6.07, 6.45) is 88.5. The van der Waals surface area contributed by atoms with Crippen LogP contribution in [0.3, 0.4) is 0 Å². The molecule has 0 spiro atoms. The second-order valence-corrected chi connectivity index (χ2v) is 18.6. The highest BCUT2D eigenvalue weighted by atomic mass is 16.6. The Morgan fingerprint density at radius 2 is 0.614 bits per heavy atom. The number of aliphatic hydroxyl groups is 1. The molecule has 1 atom stereocenters. The number of hydrogen-bond acceptors (Lipinski definition) is 5. The molecule has 5 heteroatoms. The van der Waals surface area contributed by atoms with Crippen molar-refractivity contribution in [1.29, 1.82) is 0 Å². The molecule has 1 unspecified atom stereocenters. The van der Waals surface area contributed by atoms with Crippen LogP contribution in [0.4, 0.5) is 0 Å². The Hall–Kier alpha value is -3.96. The van der Waals surface area contributed by atoms with Gasteiger partial charge in [-0.1, -0.05) is 250 Å². The topological polar surface area (TPSA) is 72.8 Å². The maximum absolute atomic E-state index is 12.3. The first-order valence-corrected chi connectivity index (χ1v) is 28.7. The Morgan fingerprint density at radius 3 is 0.929 bits per heavy atom. The Bertz CT molecular complexity index is 1470. The molecule has 0 aliphatic rings. The van der Waals surface area contributed by atoms with Crippen molar-refractivity contribution in [2.75, 3.05) is 13.2 Å². The quantitative estimate of drug-likeness (QED) is 0.0374. The summed E-state index contributed by atoms with van der Waals surface area (Å²) >= 11 is 0. The lowest BCUT2D eigenvalue weighted by molar-refractivity contribution is -0.161. The molecule has 0 aromatic carbocycles. The molecule has 0 aromatic rings. The summed E-state index contributed by atoms with van der Waals surface area (Å²) in [5.74, 6) is -0.612. The van der Waals surface area contributed by atoms with Crippen LogP contribution >= 0.6 is 0 Å². The zero-order valence-electron chi connectivity index (χ0n) is 45.2. The lowest BCUT2D eigenvalue weighted by Crippen LogP contribution is -2.28. The molecule has 5 nitrogen and oxygen atoms in total. The van der Waals surface area contributed by atoms with Gasteiger partial charge in [0.25, 0.3) is 0 Å². The number of unbranched alkanes of at least 4 members (excludes halogenated alkanes) is 21. The summed E-state index contributed by atoms with van der Waals surface area (Å²) in [6.45, 7) is 3.98. The van der Waals surface area contributed by atoms with Crippen molar-refractivity contribution in [3.8, 4) is 0 Å². The molecular formula is C65H106O5. The molecule has 0 aliphatic heterocycles. The lowest BCUT2D eigenvalue weighted by Gasteiger charge is -2.15. The molecule has 0 aliphatic carbocycles. The van der Waals surface area contributed by atoms with Crippen LogP contribution in [0.5, 0.6) is 0 Å². The Kier molecular flexibility index (Phi) is 56.0. The van der Waals surface area contributed by atoms with E-state index in [1.165, 1.54) is 109 Å². The van der Waals surface area contributed by atoms with Crippen LogP contribution in [0.25, 0.3) is 0 Å². The van der Waals surface area contributed by atoms with Gasteiger partial charge < -0.3 is 14.6 Å². The summed E-state index contributed by atoms with van der Waals surface area (Å²) in [7, 11) is 0. The van der Waals surface area contributed by atoms with E-state index in [4.69, 9.17) is 9.47 Å². The fourth-order valence-corrected chi connectivity index (χ4v) is 7.64. The monoisotopic (exact) mass is 967 g/mol. The van der Waals surface area contributed by atoms with Crippen LogP contribution in [0, 0.1) is 0 Å². The molecule has 0 aromatic heterocycles. The molecule has 396 valence electrons. The summed E-state index contributed by atoms with van der Waals surface area (Å²) < 4.78 is 10.7. The van der Waals surface area contributed by atoms with Crippen molar-refractivity contribution in [3.05, 3.63) is 134 Å². The van der Waals surface area contributed by atoms with E-state index >= 15 is 0 Å². The van der Waals surface area contributed by atoms with Crippen LogP contribution in [-0.4, -0.2) is 36.4 Å². The van der Waals surface area contributed by atoms with Gasteiger partial charge in [0, 0.05) is 12.8 Å². The fourth-order valence-electron chi connectivity index (χ4n) is 7.64. The van der Waals surface area contributed by atoms with Gasteiger partial charge in [-0.05, 0) is 116 Å². The summed E-state index contributed by atoms with van der Waals surface area (Å²) in [5, 5.41) is 9.63. The third-order valence-corrected chi connectivity index (χ3v) is 11.9. The molecule has 0 amide bonds. The van der Waals surface area contributed by atoms with Gasteiger partial charge in [-0.3, -0.25) is 9.59 Å². The highest BCUT2D eigenvalue weighted by molar-refractivity contribution is 5.70. The molecule has 0 heterocycles. The van der Waals surface area contributed by atoms with Crippen molar-refractivity contribution in [2.45, 2.75) is 251 Å². The average molecular weight is 968 g/mol. The minimum absolute atomic E-state index is 0.0786. The average Bonchev–Trinajstić information content (AvgIpc) is 3.36. The van der Waals surface area contributed by atoms with Gasteiger partial charge in [0.2, 0.25) is 0 Å². The molecule has 0 bridgehead atoms. The van der Waals surface area contributed by atoms with Crippen molar-refractivity contribution in [3.63, 3.8) is 0 Å². The van der Waals surface area contributed by atoms with Crippen molar-refractivity contribution >= 4 is 11.9 Å². The van der Waals surface area contributed by atoms with Gasteiger partial charge in [-0.15, -0.1) is 0 Å². The van der Waals surface area contributed by atoms with Crippen molar-refractivity contribution in [2.24, 2.45) is 0 Å². The van der Waals surface area contributed by atoms with Gasteiger partial charge in [0.15, 0.2) is 6.10 Å². The predicted octanol–water partition coefficient (Wildman–Crippen LogP) is 19.6. The SMILES string of the molecule is CC/C=C\C/C=C\C/C=C\C/C=C\C/C=C\C/C=C\C/C=C\C/C=C\C/C=C\CCCCCCCCCCCCCCCC(=O)OC(CO)COC(=O)CCCCCCC/C=C\C/C=C\CCCCC. The first-order chi connectivity index (χ1) is 34.6. The first-order valence-electron chi connectivity index (χ1n) is 28.7. The third kappa shape index (κ3) is 56.6. The number of carbonyl (C=O) groups is 2. The van der Waals surface area contributed by atoms with Gasteiger partial charge in [-0.25, -0.2) is 0 Å². The number of ether oxygens (including phenoxy) is 2. The van der Waals surface area contributed by atoms with E-state index in [-0.39, 0.29) is 25.2 Å². The Balaban J connectivity index is 3.55. The third-order valence-electron chi connectivity index (χ3n) is 11.9. The van der Waals surface area contributed by atoms with E-state index in [0.29, 0.717) is 12.8 Å². The van der Waals surface area contributed by atoms with Crippen LogP contribution in [0.15, 0.2) is 134 Å². The van der Waals surface area contributed by atoms with Crippen LogP contribution in [0.2, 0.25) is 0 Å². The molecule has 0 saturated carbocycles. The highest BCUT2D eigenvalue weighted by Gasteiger charge is 2.16. The molecule has 0 fully saturated rings. The fraction of sp³-hybridized carbons (Fsp3) is 0.631. The van der Waals surface area contributed by atoms with E-state index in [0.717, 1.165) is 109 Å². The summed E-state index contributed by atoms with van der Waals surface area (Å²) in [5.41, 5.74) is 0.